The number of fused-ring (bicyclic) bond motifs is 1. The fourth-order valence-corrected chi connectivity index (χ4v) is 3.49. The number of carbonyl (C=O) groups excluding carboxylic acids is 1. The van der Waals surface area contributed by atoms with Crippen LogP contribution in [0.15, 0.2) is 41.6 Å². The topological polar surface area (TPSA) is 92.6 Å². The van der Waals surface area contributed by atoms with Crippen molar-refractivity contribution in [3.8, 4) is 5.88 Å². The van der Waals surface area contributed by atoms with Gasteiger partial charge in [-0.1, -0.05) is 0 Å². The van der Waals surface area contributed by atoms with E-state index in [0.29, 0.717) is 29.5 Å². The summed E-state index contributed by atoms with van der Waals surface area (Å²) in [5, 5.41) is 0. The van der Waals surface area contributed by atoms with Gasteiger partial charge < -0.3 is 14.6 Å². The van der Waals surface area contributed by atoms with Crippen molar-refractivity contribution in [2.45, 2.75) is 25.3 Å². The predicted octanol–water partition coefficient (Wildman–Crippen LogP) is 1.79. The number of methoxy groups -OCH3 is 1. The molecular weight excluding hydrogens is 334 g/mol. The van der Waals surface area contributed by atoms with Crippen LogP contribution in [0, 0.1) is 0 Å². The van der Waals surface area contributed by atoms with Crippen LogP contribution >= 0.6 is 0 Å². The Morgan fingerprint density at radius 3 is 3.04 bits per heavy atom. The van der Waals surface area contributed by atoms with Gasteiger partial charge >= 0.3 is 0 Å². The van der Waals surface area contributed by atoms with Gasteiger partial charge in [-0.15, -0.1) is 0 Å². The van der Waals surface area contributed by atoms with E-state index >= 15 is 0 Å². The van der Waals surface area contributed by atoms with E-state index in [2.05, 4.69) is 15.0 Å². The number of nitrogens with zero attached hydrogens (tertiary/aromatic N) is 4. The summed E-state index contributed by atoms with van der Waals surface area (Å²) < 4.78 is 6.68. The molecule has 0 saturated carbocycles. The second kappa shape index (κ2) is 6.62. The van der Waals surface area contributed by atoms with E-state index in [9.17, 15) is 9.59 Å². The Morgan fingerprint density at radius 2 is 2.19 bits per heavy atom. The maximum absolute atomic E-state index is 13.2. The van der Waals surface area contributed by atoms with Gasteiger partial charge in [-0.3, -0.25) is 14.0 Å². The Kier molecular flexibility index (Phi) is 4.16. The Bertz CT molecular complexity index is 1010. The first-order chi connectivity index (χ1) is 12.7. The zero-order chi connectivity index (χ0) is 18.1. The number of likely N-dealkylation sites (tertiary alicyclic amines) is 1. The minimum Gasteiger partial charge on any atom is -0.480 e. The molecule has 4 heterocycles. The van der Waals surface area contributed by atoms with Gasteiger partial charge in [0, 0.05) is 36.9 Å². The number of hydrogen-bond acceptors (Lipinski definition) is 5. The maximum Gasteiger partial charge on any atom is 0.259 e. The van der Waals surface area contributed by atoms with Crippen molar-refractivity contribution in [3.63, 3.8) is 0 Å². The molecule has 8 nitrogen and oxygen atoms in total. The molecule has 0 spiro atoms. The van der Waals surface area contributed by atoms with E-state index in [0.717, 1.165) is 19.3 Å². The number of imidazole rings is 1. The molecular formula is C18H19N5O3. The Morgan fingerprint density at radius 1 is 1.31 bits per heavy atom. The van der Waals surface area contributed by atoms with Crippen molar-refractivity contribution in [2.75, 3.05) is 13.7 Å². The fourth-order valence-electron chi connectivity index (χ4n) is 3.49. The number of aromatic amines is 1. The summed E-state index contributed by atoms with van der Waals surface area (Å²) in [6.07, 6.45) is 7.46. The lowest BCUT2D eigenvalue weighted by atomic mass is 9.98. The molecule has 0 unspecified atom stereocenters. The van der Waals surface area contributed by atoms with Crippen LogP contribution in [-0.2, 0) is 0 Å². The number of hydrogen-bond donors (Lipinski definition) is 1. The van der Waals surface area contributed by atoms with Gasteiger partial charge in [-0.05, 0) is 31.4 Å². The number of carbonyl (C=O) groups is 1. The van der Waals surface area contributed by atoms with Crippen molar-refractivity contribution in [1.82, 2.24) is 24.3 Å². The summed E-state index contributed by atoms with van der Waals surface area (Å²) in [6, 6.07) is 4.76. The molecule has 3 aromatic heterocycles. The molecule has 0 radical (unpaired) electrons. The lowest BCUT2D eigenvalue weighted by Gasteiger charge is -2.35. The third-order valence-corrected chi connectivity index (χ3v) is 4.73. The van der Waals surface area contributed by atoms with Gasteiger partial charge in [0.2, 0.25) is 11.7 Å². The van der Waals surface area contributed by atoms with Crippen molar-refractivity contribution >= 4 is 11.7 Å². The highest BCUT2D eigenvalue weighted by Crippen LogP contribution is 2.32. The standard InChI is InChI=1S/C18H19N5O3/c1-26-16-12(5-4-7-19-16)17(25)22-9-3-2-6-14(22)13-11-15(24)23-10-8-20-18(23)21-13/h4-5,7-8,10-11,14H,2-3,6,9H2,1H3,(H,20,21)/t14-/m0/s1. The van der Waals surface area contributed by atoms with E-state index in [-0.39, 0.29) is 17.5 Å². The third-order valence-electron chi connectivity index (χ3n) is 4.73. The Labute approximate surface area is 149 Å². The molecule has 1 aliphatic rings. The molecule has 0 bridgehead atoms. The quantitative estimate of drug-likeness (QED) is 0.775. The number of ether oxygens (including phenoxy) is 1. The van der Waals surface area contributed by atoms with Gasteiger partial charge in [0.1, 0.15) is 5.56 Å². The number of H-pyrrole nitrogens is 1. The van der Waals surface area contributed by atoms with Crippen LogP contribution in [0.5, 0.6) is 5.88 Å². The molecule has 8 heteroatoms. The zero-order valence-corrected chi connectivity index (χ0v) is 14.4. The number of piperidine rings is 1. The fraction of sp³-hybridized carbons (Fsp3) is 0.333. The Hall–Kier alpha value is -3.16. The molecule has 134 valence electrons. The van der Waals surface area contributed by atoms with Crippen molar-refractivity contribution < 1.29 is 9.53 Å². The first-order valence-corrected chi connectivity index (χ1v) is 8.55. The highest BCUT2D eigenvalue weighted by Gasteiger charge is 2.31. The van der Waals surface area contributed by atoms with Crippen molar-refractivity contribution in [2.24, 2.45) is 0 Å². The zero-order valence-electron chi connectivity index (χ0n) is 14.4. The minimum atomic E-state index is -0.212. The van der Waals surface area contributed by atoms with Crippen LogP contribution in [0.3, 0.4) is 0 Å². The van der Waals surface area contributed by atoms with Gasteiger partial charge in [-0.2, -0.15) is 0 Å². The minimum absolute atomic E-state index is 0.149. The highest BCUT2D eigenvalue weighted by molar-refractivity contribution is 5.96. The highest BCUT2D eigenvalue weighted by atomic mass is 16.5. The number of amides is 1. The summed E-state index contributed by atoms with van der Waals surface area (Å²) in [5.41, 5.74) is 0.957. The summed E-state index contributed by atoms with van der Waals surface area (Å²) in [7, 11) is 1.50. The van der Waals surface area contributed by atoms with Crippen LogP contribution in [0.2, 0.25) is 0 Å². The molecule has 1 atom stereocenters. The number of rotatable bonds is 3. The average molecular weight is 353 g/mol. The van der Waals surface area contributed by atoms with Gasteiger partial charge in [0.05, 0.1) is 13.2 Å². The van der Waals surface area contributed by atoms with Crippen LogP contribution in [0.1, 0.15) is 41.4 Å². The molecule has 1 N–H and O–H groups in total. The third kappa shape index (κ3) is 2.73. The first kappa shape index (κ1) is 16.3. The largest absolute Gasteiger partial charge is 0.480 e. The van der Waals surface area contributed by atoms with Gasteiger partial charge in [0.15, 0.2) is 0 Å². The molecule has 1 fully saturated rings. The van der Waals surface area contributed by atoms with E-state index in [4.69, 9.17) is 4.74 Å². The van der Waals surface area contributed by atoms with Gasteiger partial charge in [-0.25, -0.2) is 9.97 Å². The number of nitrogens with one attached hydrogen (secondary N) is 1. The lowest BCUT2D eigenvalue weighted by Crippen LogP contribution is -2.39. The summed E-state index contributed by atoms with van der Waals surface area (Å²) >= 11 is 0. The SMILES string of the molecule is COc1ncccc1C(=O)N1CCCC[C@H]1c1cc(=O)n2ccnc2[nH]1. The van der Waals surface area contributed by atoms with E-state index < -0.39 is 0 Å². The first-order valence-electron chi connectivity index (χ1n) is 8.55. The monoisotopic (exact) mass is 353 g/mol. The van der Waals surface area contributed by atoms with Crippen molar-refractivity contribution in [3.05, 3.63) is 58.4 Å². The Balaban J connectivity index is 1.74. The van der Waals surface area contributed by atoms with Crippen LogP contribution in [0.4, 0.5) is 0 Å². The van der Waals surface area contributed by atoms with Crippen LogP contribution < -0.4 is 10.3 Å². The number of aromatic nitrogens is 4. The lowest BCUT2D eigenvalue weighted by molar-refractivity contribution is 0.0601. The average Bonchev–Trinajstić information content (AvgIpc) is 3.16. The molecule has 4 rings (SSSR count). The molecule has 1 saturated heterocycles. The second-order valence-corrected chi connectivity index (χ2v) is 6.25. The van der Waals surface area contributed by atoms with Crippen LogP contribution in [-0.4, -0.2) is 43.8 Å². The summed E-state index contributed by atoms with van der Waals surface area (Å²) in [4.78, 5) is 38.7. The predicted molar refractivity (Wildman–Crippen MR) is 94.2 cm³/mol. The second-order valence-electron chi connectivity index (χ2n) is 6.25. The van der Waals surface area contributed by atoms with E-state index in [1.54, 1.807) is 41.7 Å². The molecule has 0 aliphatic carbocycles. The van der Waals surface area contributed by atoms with E-state index in [1.807, 2.05) is 0 Å². The molecule has 1 aliphatic heterocycles. The molecule has 26 heavy (non-hydrogen) atoms. The maximum atomic E-state index is 13.2. The number of pyridine rings is 1. The normalized spacial score (nSPS) is 17.4. The van der Waals surface area contributed by atoms with E-state index in [1.165, 1.54) is 11.5 Å². The molecule has 3 aromatic rings. The molecule has 0 aromatic carbocycles. The van der Waals surface area contributed by atoms with Gasteiger partial charge in [0.25, 0.3) is 11.5 Å². The smallest absolute Gasteiger partial charge is 0.259 e. The van der Waals surface area contributed by atoms with Crippen molar-refractivity contribution in [1.29, 1.82) is 0 Å². The van der Waals surface area contributed by atoms with Crippen LogP contribution in [0.25, 0.3) is 5.78 Å². The summed E-state index contributed by atoms with van der Waals surface area (Å²) in [6.45, 7) is 0.614. The molecule has 1 amide bonds. The summed E-state index contributed by atoms with van der Waals surface area (Å²) in [5.74, 6) is 0.632.